The second kappa shape index (κ2) is 8.02. The van der Waals surface area contributed by atoms with Crippen molar-refractivity contribution in [3.8, 4) is 11.5 Å². The molecule has 1 amide bonds. The maximum absolute atomic E-state index is 12.2. The maximum Gasteiger partial charge on any atom is 0.243 e. The zero-order valence-electron chi connectivity index (χ0n) is 14.0. The van der Waals surface area contributed by atoms with Gasteiger partial charge in [0, 0.05) is 5.69 Å². The SMILES string of the molecule is Cc1ccc(NCC(=O)Nc2ccccc2Oc2ccccc2)cc1. The summed E-state index contributed by atoms with van der Waals surface area (Å²) in [4.78, 5) is 12.2. The standard InChI is InChI=1S/C21H20N2O2/c1-16-11-13-17(14-12-16)22-15-21(24)23-19-9-5-6-10-20(19)25-18-7-3-2-4-8-18/h2-14,22H,15H2,1H3,(H,23,24). The van der Waals surface area contributed by atoms with Crippen LogP contribution in [-0.4, -0.2) is 12.5 Å². The van der Waals surface area contributed by atoms with E-state index in [0.29, 0.717) is 11.4 Å². The molecule has 25 heavy (non-hydrogen) atoms. The van der Waals surface area contributed by atoms with Gasteiger partial charge < -0.3 is 15.4 Å². The van der Waals surface area contributed by atoms with Crippen molar-refractivity contribution in [1.29, 1.82) is 0 Å². The Labute approximate surface area is 147 Å². The molecular formula is C21H20N2O2. The molecule has 2 N–H and O–H groups in total. The smallest absolute Gasteiger partial charge is 0.243 e. The van der Waals surface area contributed by atoms with Crippen LogP contribution in [0.5, 0.6) is 11.5 Å². The Morgan fingerprint density at radius 2 is 1.56 bits per heavy atom. The average Bonchev–Trinajstić information content (AvgIpc) is 2.64. The number of ether oxygens (including phenoxy) is 1. The second-order valence-electron chi connectivity index (χ2n) is 5.68. The van der Waals surface area contributed by atoms with Gasteiger partial charge >= 0.3 is 0 Å². The molecule has 0 aliphatic heterocycles. The first-order valence-corrected chi connectivity index (χ1v) is 8.13. The summed E-state index contributed by atoms with van der Waals surface area (Å²) in [5.74, 6) is 1.20. The van der Waals surface area contributed by atoms with E-state index in [9.17, 15) is 4.79 Å². The molecule has 0 spiro atoms. The Morgan fingerprint density at radius 1 is 0.880 bits per heavy atom. The zero-order chi connectivity index (χ0) is 17.5. The lowest BCUT2D eigenvalue weighted by Gasteiger charge is -2.13. The Balaban J connectivity index is 1.62. The van der Waals surface area contributed by atoms with Crippen LogP contribution in [0.15, 0.2) is 78.9 Å². The van der Waals surface area contributed by atoms with Crippen LogP contribution in [0.4, 0.5) is 11.4 Å². The van der Waals surface area contributed by atoms with Crippen LogP contribution in [0.3, 0.4) is 0 Å². The first kappa shape index (κ1) is 16.6. The number of nitrogens with one attached hydrogen (secondary N) is 2. The van der Waals surface area contributed by atoms with Crippen LogP contribution in [0, 0.1) is 6.92 Å². The van der Waals surface area contributed by atoms with Crippen molar-refractivity contribution in [3.05, 3.63) is 84.4 Å². The van der Waals surface area contributed by atoms with E-state index in [4.69, 9.17) is 4.74 Å². The fourth-order valence-corrected chi connectivity index (χ4v) is 2.32. The predicted octanol–water partition coefficient (Wildman–Crippen LogP) is 4.84. The summed E-state index contributed by atoms with van der Waals surface area (Å²) in [5, 5.41) is 5.99. The highest BCUT2D eigenvalue weighted by molar-refractivity contribution is 5.95. The minimum absolute atomic E-state index is 0.135. The molecule has 0 radical (unpaired) electrons. The van der Waals surface area contributed by atoms with Crippen LogP contribution in [-0.2, 0) is 4.79 Å². The number of carbonyl (C=O) groups excluding carboxylic acids is 1. The molecule has 4 heteroatoms. The van der Waals surface area contributed by atoms with Crippen LogP contribution >= 0.6 is 0 Å². The van der Waals surface area contributed by atoms with E-state index in [2.05, 4.69) is 10.6 Å². The van der Waals surface area contributed by atoms with E-state index in [1.54, 1.807) is 0 Å². The molecule has 0 fully saturated rings. The third-order valence-electron chi connectivity index (χ3n) is 3.64. The molecule has 0 aromatic heterocycles. The average molecular weight is 332 g/mol. The Kier molecular flexibility index (Phi) is 5.32. The van der Waals surface area contributed by atoms with Crippen molar-refractivity contribution in [2.24, 2.45) is 0 Å². The lowest BCUT2D eigenvalue weighted by molar-refractivity contribution is -0.114. The number of benzene rings is 3. The minimum Gasteiger partial charge on any atom is -0.455 e. The molecule has 0 heterocycles. The van der Waals surface area contributed by atoms with Gasteiger partial charge in [0.05, 0.1) is 12.2 Å². The van der Waals surface area contributed by atoms with Crippen molar-refractivity contribution in [3.63, 3.8) is 0 Å². The lowest BCUT2D eigenvalue weighted by atomic mass is 10.2. The quantitative estimate of drug-likeness (QED) is 0.679. The van der Waals surface area contributed by atoms with Gasteiger partial charge in [0.2, 0.25) is 5.91 Å². The summed E-state index contributed by atoms with van der Waals surface area (Å²) in [6.45, 7) is 2.21. The van der Waals surface area contributed by atoms with Crippen molar-refractivity contribution >= 4 is 17.3 Å². The van der Waals surface area contributed by atoms with Crippen LogP contribution < -0.4 is 15.4 Å². The largest absolute Gasteiger partial charge is 0.455 e. The van der Waals surface area contributed by atoms with E-state index in [1.165, 1.54) is 5.56 Å². The molecule has 3 aromatic rings. The molecular weight excluding hydrogens is 312 g/mol. The van der Waals surface area contributed by atoms with Gasteiger partial charge in [-0.15, -0.1) is 0 Å². The van der Waals surface area contributed by atoms with Crippen molar-refractivity contribution in [2.75, 3.05) is 17.2 Å². The number of rotatable bonds is 6. The summed E-state index contributed by atoms with van der Waals surface area (Å²) in [7, 11) is 0. The zero-order valence-corrected chi connectivity index (χ0v) is 14.0. The van der Waals surface area contributed by atoms with Gasteiger partial charge in [-0.1, -0.05) is 48.0 Å². The number of para-hydroxylation sites is 3. The number of anilines is 2. The van der Waals surface area contributed by atoms with Crippen LogP contribution in [0.1, 0.15) is 5.56 Å². The maximum atomic E-state index is 12.2. The van der Waals surface area contributed by atoms with Crippen molar-refractivity contribution in [1.82, 2.24) is 0 Å². The fourth-order valence-electron chi connectivity index (χ4n) is 2.32. The summed E-state index contributed by atoms with van der Waals surface area (Å²) < 4.78 is 5.85. The second-order valence-corrected chi connectivity index (χ2v) is 5.68. The minimum atomic E-state index is -0.135. The number of amides is 1. The van der Waals surface area contributed by atoms with E-state index < -0.39 is 0 Å². The monoisotopic (exact) mass is 332 g/mol. The highest BCUT2D eigenvalue weighted by Gasteiger charge is 2.08. The molecule has 0 atom stereocenters. The molecule has 0 saturated heterocycles. The third-order valence-corrected chi connectivity index (χ3v) is 3.64. The molecule has 0 unspecified atom stereocenters. The van der Waals surface area contributed by atoms with Crippen molar-refractivity contribution in [2.45, 2.75) is 6.92 Å². The van der Waals surface area contributed by atoms with Crippen molar-refractivity contribution < 1.29 is 9.53 Å². The lowest BCUT2D eigenvalue weighted by Crippen LogP contribution is -2.21. The number of carbonyl (C=O) groups is 1. The third kappa shape index (κ3) is 4.85. The fraction of sp³-hybridized carbons (Fsp3) is 0.0952. The molecule has 0 aliphatic carbocycles. The molecule has 0 saturated carbocycles. The van der Waals surface area contributed by atoms with Gasteiger partial charge in [0.1, 0.15) is 5.75 Å². The highest BCUT2D eigenvalue weighted by atomic mass is 16.5. The molecule has 4 nitrogen and oxygen atoms in total. The molecule has 0 bridgehead atoms. The molecule has 0 aliphatic rings. The molecule has 126 valence electrons. The Hall–Kier alpha value is -3.27. The van der Waals surface area contributed by atoms with Gasteiger partial charge in [-0.2, -0.15) is 0 Å². The highest BCUT2D eigenvalue weighted by Crippen LogP contribution is 2.28. The summed E-state index contributed by atoms with van der Waals surface area (Å²) in [6.07, 6.45) is 0. The molecule has 3 rings (SSSR count). The van der Waals surface area contributed by atoms with Crippen LogP contribution in [0.25, 0.3) is 0 Å². The first-order valence-electron chi connectivity index (χ1n) is 8.13. The normalized spacial score (nSPS) is 10.1. The van der Waals surface area contributed by atoms with Gasteiger partial charge in [-0.25, -0.2) is 0 Å². The first-order chi connectivity index (χ1) is 12.2. The number of aryl methyl sites for hydroxylation is 1. The van der Waals surface area contributed by atoms with Gasteiger partial charge in [-0.05, 0) is 43.3 Å². The van der Waals surface area contributed by atoms with E-state index in [-0.39, 0.29) is 12.5 Å². The topological polar surface area (TPSA) is 50.4 Å². The van der Waals surface area contributed by atoms with Gasteiger partial charge in [0.15, 0.2) is 5.75 Å². The molecule has 3 aromatic carbocycles. The predicted molar refractivity (Wildman–Crippen MR) is 101 cm³/mol. The van der Waals surface area contributed by atoms with Gasteiger partial charge in [-0.3, -0.25) is 4.79 Å². The summed E-state index contributed by atoms with van der Waals surface area (Å²) in [5.41, 5.74) is 2.73. The van der Waals surface area contributed by atoms with Gasteiger partial charge in [0.25, 0.3) is 0 Å². The summed E-state index contributed by atoms with van der Waals surface area (Å²) in [6, 6.07) is 24.8. The number of hydrogen-bond donors (Lipinski definition) is 2. The summed E-state index contributed by atoms with van der Waals surface area (Å²) >= 11 is 0. The van der Waals surface area contributed by atoms with E-state index in [0.717, 1.165) is 11.4 Å². The van der Waals surface area contributed by atoms with Crippen LogP contribution in [0.2, 0.25) is 0 Å². The van der Waals surface area contributed by atoms with E-state index in [1.807, 2.05) is 85.8 Å². The number of hydrogen-bond acceptors (Lipinski definition) is 3. The Morgan fingerprint density at radius 3 is 2.32 bits per heavy atom. The Bertz CT molecular complexity index is 830. The van der Waals surface area contributed by atoms with E-state index >= 15 is 0 Å².